The van der Waals surface area contributed by atoms with Crippen molar-refractivity contribution in [2.75, 3.05) is 46.3 Å². The molecule has 0 aliphatic carbocycles. The Balaban J connectivity index is 1.13. The van der Waals surface area contributed by atoms with Crippen LogP contribution in [0.25, 0.3) is 0 Å². The van der Waals surface area contributed by atoms with Gasteiger partial charge >= 0.3 is 7.82 Å². The van der Waals surface area contributed by atoms with E-state index in [0.717, 1.165) is 0 Å². The molecule has 0 amide bonds. The highest BCUT2D eigenvalue weighted by Gasteiger charge is 2.37. The first-order valence-electron chi connectivity index (χ1n) is 11.6. The number of aromatic amines is 1. The van der Waals surface area contributed by atoms with Gasteiger partial charge in [0.25, 0.3) is 11.4 Å². The second-order valence-corrected chi connectivity index (χ2v) is 10.2. The van der Waals surface area contributed by atoms with Crippen molar-refractivity contribution in [1.82, 2.24) is 14.5 Å². The average molecular weight is 560 g/mol. The number of nitrogen functional groups attached to an aromatic ring is 1. The van der Waals surface area contributed by atoms with Crippen molar-refractivity contribution in [3.63, 3.8) is 0 Å². The monoisotopic (exact) mass is 560 g/mol. The number of hydrogen-bond acceptors (Lipinski definition) is 13. The lowest BCUT2D eigenvalue weighted by atomic mass is 10.3. The molecule has 6 rings (SSSR count). The van der Waals surface area contributed by atoms with Crippen LogP contribution < -0.4 is 43.8 Å². The number of anilines is 1. The molecule has 204 valence electrons. The number of phosphoric acid groups is 1. The molecule has 4 heterocycles. The fourth-order valence-corrected chi connectivity index (χ4v) is 5.12. The highest BCUT2D eigenvalue weighted by atomic mass is 31.2. The number of aliphatic imine (C=N–C) groups is 1. The Hall–Kier alpha value is -4.30. The van der Waals surface area contributed by atoms with Crippen LogP contribution in [-0.4, -0.2) is 56.9 Å². The van der Waals surface area contributed by atoms with Crippen LogP contribution in [0.3, 0.4) is 0 Å². The van der Waals surface area contributed by atoms with Crippen molar-refractivity contribution in [3.8, 4) is 34.5 Å². The van der Waals surface area contributed by atoms with E-state index in [1.165, 1.54) is 18.5 Å². The Morgan fingerprint density at radius 3 is 2.23 bits per heavy atom. The lowest BCUT2D eigenvalue weighted by Crippen LogP contribution is -2.45. The molecule has 0 radical (unpaired) electrons. The van der Waals surface area contributed by atoms with Crippen LogP contribution in [0, 0.1) is 0 Å². The number of ether oxygens (including phenoxy) is 5. The van der Waals surface area contributed by atoms with Crippen molar-refractivity contribution in [1.29, 1.82) is 0 Å². The molecule has 15 nitrogen and oxygen atoms in total. The summed E-state index contributed by atoms with van der Waals surface area (Å²) in [5, 5.41) is 0. The number of benzene rings is 2. The van der Waals surface area contributed by atoms with E-state index in [4.69, 9.17) is 43.0 Å². The summed E-state index contributed by atoms with van der Waals surface area (Å²) in [6, 6.07) is 9.40. The maximum absolute atomic E-state index is 13.7. The van der Waals surface area contributed by atoms with Crippen LogP contribution in [0.2, 0.25) is 0 Å². The van der Waals surface area contributed by atoms with Gasteiger partial charge in [-0.15, -0.1) is 0 Å². The highest BCUT2D eigenvalue weighted by molar-refractivity contribution is 7.49. The van der Waals surface area contributed by atoms with Crippen molar-refractivity contribution in [3.05, 3.63) is 46.8 Å². The Bertz CT molecular complexity index is 1500. The number of fused-ring (bicyclic) bond motifs is 3. The van der Waals surface area contributed by atoms with Crippen LogP contribution >= 0.6 is 7.82 Å². The standard InChI is InChI=1S/C23H22N5O10P/c1-28(10-25-20-21(28)26-23(24)27-22(20)29)11-31-6-7-36-39(30,37-14-2-4-16-18(8-14)34-12-32-16)38-15-3-5-17-19(9-15)35-13-33-17/h2-5,8-10H,6-7,11-13H2,1H3,(H2-,24,26,27,29)/p+1. The van der Waals surface area contributed by atoms with E-state index in [1.54, 1.807) is 31.3 Å². The van der Waals surface area contributed by atoms with Crippen LogP contribution in [0.5, 0.6) is 34.5 Å². The summed E-state index contributed by atoms with van der Waals surface area (Å²) in [6.45, 7) is 0.0181. The molecule has 3 aliphatic rings. The molecule has 3 aliphatic heterocycles. The van der Waals surface area contributed by atoms with Gasteiger partial charge in [0.15, 0.2) is 36.1 Å². The maximum atomic E-state index is 13.7. The van der Waals surface area contributed by atoms with E-state index >= 15 is 0 Å². The second-order valence-electron chi connectivity index (χ2n) is 8.67. The molecule has 39 heavy (non-hydrogen) atoms. The van der Waals surface area contributed by atoms with Gasteiger partial charge in [-0.2, -0.15) is 9.98 Å². The Morgan fingerprint density at radius 1 is 0.974 bits per heavy atom. The van der Waals surface area contributed by atoms with E-state index < -0.39 is 13.4 Å². The molecule has 3 N–H and O–H groups in total. The molecule has 0 bridgehead atoms. The van der Waals surface area contributed by atoms with Gasteiger partial charge in [-0.25, -0.2) is 9.05 Å². The van der Waals surface area contributed by atoms with E-state index in [-0.39, 0.29) is 61.1 Å². The zero-order valence-electron chi connectivity index (χ0n) is 20.5. The molecule has 1 atom stereocenters. The van der Waals surface area contributed by atoms with E-state index in [0.29, 0.717) is 28.8 Å². The molecule has 2 aromatic carbocycles. The summed E-state index contributed by atoms with van der Waals surface area (Å²) in [4.78, 5) is 22.8. The first-order valence-corrected chi connectivity index (χ1v) is 13.1. The SMILES string of the molecule is C[N+]1(COCCOP(=O)(Oc2ccc3c(c2)OCO3)Oc2ccc3c(c2)OCO3)C=Nc2c1nc(N)[nH]c2=O. The van der Waals surface area contributed by atoms with Gasteiger partial charge in [0.2, 0.25) is 25.2 Å². The molecule has 0 fully saturated rings. The number of phosphoric ester groups is 1. The zero-order chi connectivity index (χ0) is 27.0. The number of rotatable bonds is 10. The van der Waals surface area contributed by atoms with Crippen LogP contribution in [-0.2, 0) is 13.8 Å². The van der Waals surface area contributed by atoms with Gasteiger partial charge < -0.3 is 38.5 Å². The summed E-state index contributed by atoms with van der Waals surface area (Å²) >= 11 is 0. The van der Waals surface area contributed by atoms with Gasteiger partial charge in [-0.3, -0.25) is 14.3 Å². The first-order chi connectivity index (χ1) is 18.8. The van der Waals surface area contributed by atoms with Crippen LogP contribution in [0.1, 0.15) is 0 Å². The minimum atomic E-state index is -4.24. The quantitative estimate of drug-likeness (QED) is 0.211. The van der Waals surface area contributed by atoms with Gasteiger partial charge in [0, 0.05) is 12.1 Å². The summed E-state index contributed by atoms with van der Waals surface area (Å²) in [6.07, 6.45) is 1.52. The van der Waals surface area contributed by atoms with Crippen molar-refractivity contribution in [2.24, 2.45) is 4.99 Å². The Labute approximate surface area is 220 Å². The fraction of sp³-hybridized carbons (Fsp3) is 0.261. The summed E-state index contributed by atoms with van der Waals surface area (Å²) in [5.74, 6) is 2.61. The summed E-state index contributed by atoms with van der Waals surface area (Å²) in [7, 11) is -2.49. The third-order valence-electron chi connectivity index (χ3n) is 5.78. The summed E-state index contributed by atoms with van der Waals surface area (Å²) < 4.78 is 57.7. The topological polar surface area (TPSA) is 175 Å². The number of quaternary nitrogens is 1. The predicted octanol–water partition coefficient (Wildman–Crippen LogP) is 2.68. The van der Waals surface area contributed by atoms with Gasteiger partial charge in [0.1, 0.15) is 11.5 Å². The molecule has 0 saturated heterocycles. The number of hydrogen-bond donors (Lipinski definition) is 2. The molecule has 3 aromatic rings. The third-order valence-corrected chi connectivity index (χ3v) is 7.15. The number of aromatic nitrogens is 2. The number of H-pyrrole nitrogens is 1. The summed E-state index contributed by atoms with van der Waals surface area (Å²) in [5.41, 5.74) is 5.40. The number of nitrogens with two attached hydrogens (primary N) is 1. The highest BCUT2D eigenvalue weighted by Crippen LogP contribution is 2.52. The van der Waals surface area contributed by atoms with Gasteiger partial charge in [-0.1, -0.05) is 0 Å². The maximum Gasteiger partial charge on any atom is 0.587 e. The first kappa shape index (κ1) is 25.0. The fourth-order valence-electron chi connectivity index (χ4n) is 3.94. The zero-order valence-corrected chi connectivity index (χ0v) is 21.4. The van der Waals surface area contributed by atoms with Gasteiger partial charge in [-0.05, 0) is 24.3 Å². The third kappa shape index (κ3) is 5.07. The smallest absolute Gasteiger partial charge is 0.454 e. The second kappa shape index (κ2) is 9.78. The van der Waals surface area contributed by atoms with E-state index in [9.17, 15) is 9.36 Å². The molecule has 16 heteroatoms. The largest absolute Gasteiger partial charge is 0.587 e. The van der Waals surface area contributed by atoms with Crippen LogP contribution in [0.4, 0.5) is 17.5 Å². The predicted molar refractivity (Wildman–Crippen MR) is 136 cm³/mol. The van der Waals surface area contributed by atoms with E-state index in [1.807, 2.05) is 0 Å². The number of nitrogens with one attached hydrogen (secondary N) is 1. The molecule has 1 unspecified atom stereocenters. The molecular weight excluding hydrogens is 537 g/mol. The molecule has 1 aromatic heterocycles. The van der Waals surface area contributed by atoms with Gasteiger partial charge in [0.05, 0.1) is 20.3 Å². The Morgan fingerprint density at radius 2 is 1.59 bits per heavy atom. The molecular formula is C23H23N5O10P+. The lowest BCUT2D eigenvalue weighted by molar-refractivity contribution is 0.0512. The van der Waals surface area contributed by atoms with Crippen molar-refractivity contribution < 1.29 is 41.8 Å². The normalized spacial score (nSPS) is 18.3. The van der Waals surface area contributed by atoms with Crippen LogP contribution in [0.15, 0.2) is 46.2 Å². The van der Waals surface area contributed by atoms with Crippen molar-refractivity contribution >= 4 is 31.6 Å². The minimum Gasteiger partial charge on any atom is -0.454 e. The number of nitrogens with zero attached hydrogens (tertiary/aromatic N) is 3. The molecule has 0 saturated carbocycles. The lowest BCUT2D eigenvalue weighted by Gasteiger charge is -2.24. The van der Waals surface area contributed by atoms with E-state index in [2.05, 4.69) is 15.0 Å². The molecule has 0 spiro atoms. The average Bonchev–Trinajstić information content (AvgIpc) is 3.63. The Kier molecular flexibility index (Phi) is 6.27. The van der Waals surface area contributed by atoms with Crippen molar-refractivity contribution in [2.45, 2.75) is 0 Å². The minimum absolute atomic E-state index is 0.00528.